The Balaban J connectivity index is 2.50. The zero-order chi connectivity index (χ0) is 15.2. The Morgan fingerprint density at radius 3 is 2.71 bits per heavy atom. The Kier molecular flexibility index (Phi) is 5.04. The third-order valence-electron chi connectivity index (χ3n) is 3.46. The first-order valence-corrected chi connectivity index (χ1v) is 7.35. The predicted molar refractivity (Wildman–Crippen MR) is 83.9 cm³/mol. The first-order valence-electron chi connectivity index (χ1n) is 7.35. The highest BCUT2D eigenvalue weighted by Crippen LogP contribution is 2.34. The largest absolute Gasteiger partial charge is 0.478 e. The maximum atomic E-state index is 11.3. The van der Waals surface area contributed by atoms with Gasteiger partial charge in [-0.3, -0.25) is 0 Å². The first kappa shape index (κ1) is 15.2. The van der Waals surface area contributed by atoms with Crippen molar-refractivity contribution in [2.24, 2.45) is 0 Å². The van der Waals surface area contributed by atoms with Gasteiger partial charge >= 0.3 is 5.97 Å². The Hall–Kier alpha value is -2.23. The lowest BCUT2D eigenvalue weighted by atomic mass is 9.97. The van der Waals surface area contributed by atoms with Crippen LogP contribution in [0.15, 0.2) is 34.9 Å². The summed E-state index contributed by atoms with van der Waals surface area (Å²) in [7, 11) is 0. The van der Waals surface area contributed by atoms with Gasteiger partial charge in [-0.1, -0.05) is 20.3 Å². The van der Waals surface area contributed by atoms with Gasteiger partial charge in [0, 0.05) is 17.8 Å². The second-order valence-electron chi connectivity index (χ2n) is 4.97. The third kappa shape index (κ3) is 3.45. The average Bonchev–Trinajstić information content (AvgIpc) is 3.00. The molecule has 0 spiro atoms. The van der Waals surface area contributed by atoms with Crippen molar-refractivity contribution in [3.8, 4) is 11.3 Å². The van der Waals surface area contributed by atoms with Gasteiger partial charge in [-0.05, 0) is 42.7 Å². The van der Waals surface area contributed by atoms with Crippen LogP contribution in [0.25, 0.3) is 11.3 Å². The second kappa shape index (κ2) is 6.97. The van der Waals surface area contributed by atoms with Crippen LogP contribution in [0.1, 0.15) is 42.6 Å². The van der Waals surface area contributed by atoms with E-state index in [1.807, 2.05) is 19.1 Å². The molecule has 112 valence electrons. The lowest BCUT2D eigenvalue weighted by Gasteiger charge is -2.15. The fourth-order valence-electron chi connectivity index (χ4n) is 2.36. The van der Waals surface area contributed by atoms with Crippen molar-refractivity contribution in [1.29, 1.82) is 0 Å². The highest BCUT2D eigenvalue weighted by atomic mass is 16.4. The molecule has 21 heavy (non-hydrogen) atoms. The van der Waals surface area contributed by atoms with E-state index in [-0.39, 0.29) is 0 Å². The van der Waals surface area contributed by atoms with Crippen molar-refractivity contribution in [1.82, 2.24) is 0 Å². The number of carbonyl (C=O) groups is 1. The van der Waals surface area contributed by atoms with E-state index in [4.69, 9.17) is 4.42 Å². The summed E-state index contributed by atoms with van der Waals surface area (Å²) in [5.41, 5.74) is 3.07. The van der Waals surface area contributed by atoms with Gasteiger partial charge in [0.15, 0.2) is 0 Å². The van der Waals surface area contributed by atoms with Crippen LogP contribution in [-0.2, 0) is 6.42 Å². The summed E-state index contributed by atoms with van der Waals surface area (Å²) in [6, 6.07) is 7.16. The zero-order valence-corrected chi connectivity index (χ0v) is 12.5. The van der Waals surface area contributed by atoms with Crippen LogP contribution in [0, 0.1) is 0 Å². The summed E-state index contributed by atoms with van der Waals surface area (Å²) in [6.45, 7) is 4.96. The number of anilines is 1. The molecular weight excluding hydrogens is 266 g/mol. The van der Waals surface area contributed by atoms with Crippen LogP contribution in [-0.4, -0.2) is 17.6 Å². The molecular formula is C17H21NO3. The molecule has 0 amide bonds. The summed E-state index contributed by atoms with van der Waals surface area (Å²) >= 11 is 0. The van der Waals surface area contributed by atoms with Crippen LogP contribution < -0.4 is 5.32 Å². The minimum absolute atomic E-state index is 0.307. The monoisotopic (exact) mass is 287 g/mol. The summed E-state index contributed by atoms with van der Waals surface area (Å²) in [5, 5.41) is 12.6. The van der Waals surface area contributed by atoms with Crippen molar-refractivity contribution in [2.75, 3.05) is 11.9 Å². The normalized spacial score (nSPS) is 10.6. The average molecular weight is 287 g/mol. The minimum atomic E-state index is -0.908. The molecule has 0 aliphatic carbocycles. The molecule has 0 atom stereocenters. The second-order valence-corrected chi connectivity index (χ2v) is 4.97. The summed E-state index contributed by atoms with van der Waals surface area (Å²) in [5.74, 6) is -0.142. The molecule has 1 aromatic carbocycles. The van der Waals surface area contributed by atoms with E-state index in [0.717, 1.165) is 48.4 Å². The molecule has 2 aromatic rings. The van der Waals surface area contributed by atoms with Gasteiger partial charge in [0.1, 0.15) is 5.76 Å². The van der Waals surface area contributed by atoms with Crippen molar-refractivity contribution in [2.45, 2.75) is 33.1 Å². The van der Waals surface area contributed by atoms with Gasteiger partial charge in [-0.25, -0.2) is 4.79 Å². The number of carboxylic acid groups (broad SMARTS) is 1. The molecule has 2 N–H and O–H groups in total. The number of nitrogens with one attached hydrogen (secondary N) is 1. The van der Waals surface area contributed by atoms with Gasteiger partial charge in [-0.2, -0.15) is 0 Å². The summed E-state index contributed by atoms with van der Waals surface area (Å²) < 4.78 is 5.52. The lowest BCUT2D eigenvalue weighted by Crippen LogP contribution is -2.07. The number of benzene rings is 1. The Morgan fingerprint density at radius 2 is 2.14 bits per heavy atom. The molecule has 0 saturated heterocycles. The number of aryl methyl sites for hydroxylation is 1. The highest BCUT2D eigenvalue weighted by molar-refractivity contribution is 5.92. The topological polar surface area (TPSA) is 62.5 Å². The molecule has 0 unspecified atom stereocenters. The van der Waals surface area contributed by atoms with E-state index in [9.17, 15) is 9.90 Å². The first-order chi connectivity index (χ1) is 10.2. The summed E-state index contributed by atoms with van der Waals surface area (Å²) in [4.78, 5) is 11.3. The van der Waals surface area contributed by atoms with Gasteiger partial charge in [0.2, 0.25) is 0 Å². The van der Waals surface area contributed by atoms with E-state index >= 15 is 0 Å². The number of unbranched alkanes of at least 4 members (excludes halogenated alkanes) is 1. The SMILES string of the molecule is CCCCNc1cc(C(=O)O)cc(CC)c1-c1ccco1. The quantitative estimate of drug-likeness (QED) is 0.740. The van der Waals surface area contributed by atoms with Crippen molar-refractivity contribution < 1.29 is 14.3 Å². The minimum Gasteiger partial charge on any atom is -0.478 e. The maximum Gasteiger partial charge on any atom is 0.335 e. The van der Waals surface area contributed by atoms with Crippen LogP contribution in [0.4, 0.5) is 5.69 Å². The van der Waals surface area contributed by atoms with Crippen LogP contribution in [0.3, 0.4) is 0 Å². The number of aromatic carboxylic acids is 1. The molecule has 0 bridgehead atoms. The van der Waals surface area contributed by atoms with Crippen molar-refractivity contribution >= 4 is 11.7 Å². The molecule has 0 radical (unpaired) electrons. The highest BCUT2D eigenvalue weighted by Gasteiger charge is 2.16. The zero-order valence-electron chi connectivity index (χ0n) is 12.5. The van der Waals surface area contributed by atoms with E-state index in [1.54, 1.807) is 18.4 Å². The van der Waals surface area contributed by atoms with E-state index in [2.05, 4.69) is 12.2 Å². The molecule has 1 heterocycles. The molecule has 4 heteroatoms. The predicted octanol–water partition coefficient (Wildman–Crippen LogP) is 4.42. The number of rotatable bonds is 7. The van der Waals surface area contributed by atoms with E-state index in [1.165, 1.54) is 0 Å². The third-order valence-corrected chi connectivity index (χ3v) is 3.46. The fourth-order valence-corrected chi connectivity index (χ4v) is 2.36. The van der Waals surface area contributed by atoms with Crippen molar-refractivity contribution in [3.63, 3.8) is 0 Å². The lowest BCUT2D eigenvalue weighted by molar-refractivity contribution is 0.0697. The molecule has 0 saturated carbocycles. The van der Waals surface area contributed by atoms with Crippen LogP contribution in [0.5, 0.6) is 0 Å². The Bertz CT molecular complexity index is 603. The molecule has 0 aliphatic heterocycles. The van der Waals surface area contributed by atoms with Crippen LogP contribution >= 0.6 is 0 Å². The van der Waals surface area contributed by atoms with Crippen molar-refractivity contribution in [3.05, 3.63) is 41.7 Å². The van der Waals surface area contributed by atoms with E-state index < -0.39 is 5.97 Å². The molecule has 0 fully saturated rings. The number of furan rings is 1. The molecule has 4 nitrogen and oxygen atoms in total. The Morgan fingerprint density at radius 1 is 1.33 bits per heavy atom. The maximum absolute atomic E-state index is 11.3. The van der Waals surface area contributed by atoms with Gasteiger partial charge < -0.3 is 14.8 Å². The number of hydrogen-bond donors (Lipinski definition) is 2. The standard InChI is InChI=1S/C17H21NO3/c1-3-5-8-18-14-11-13(17(19)20)10-12(4-2)16(14)15-7-6-9-21-15/h6-7,9-11,18H,3-5,8H2,1-2H3,(H,19,20). The number of hydrogen-bond acceptors (Lipinski definition) is 3. The molecule has 1 aromatic heterocycles. The van der Waals surface area contributed by atoms with Crippen LogP contribution in [0.2, 0.25) is 0 Å². The van der Waals surface area contributed by atoms with E-state index in [0.29, 0.717) is 5.56 Å². The van der Waals surface area contributed by atoms with Gasteiger partial charge in [-0.15, -0.1) is 0 Å². The Labute approximate surface area is 124 Å². The van der Waals surface area contributed by atoms with Gasteiger partial charge in [0.05, 0.1) is 11.8 Å². The molecule has 2 rings (SSSR count). The summed E-state index contributed by atoms with van der Waals surface area (Å²) in [6.07, 6.45) is 4.51. The smallest absolute Gasteiger partial charge is 0.335 e. The molecule has 0 aliphatic rings. The number of carboxylic acids is 1. The fraction of sp³-hybridized carbons (Fsp3) is 0.353. The van der Waals surface area contributed by atoms with Gasteiger partial charge in [0.25, 0.3) is 0 Å².